The lowest BCUT2D eigenvalue weighted by atomic mass is 10.1. The van der Waals surface area contributed by atoms with Crippen LogP contribution in [-0.2, 0) is 6.54 Å². The highest BCUT2D eigenvalue weighted by Crippen LogP contribution is 2.45. The Morgan fingerprint density at radius 2 is 2.06 bits per heavy atom. The van der Waals surface area contributed by atoms with Crippen molar-refractivity contribution < 1.29 is 14.2 Å². The molecule has 0 spiro atoms. The van der Waals surface area contributed by atoms with Crippen LogP contribution in [0.5, 0.6) is 17.2 Å². The molecular weight excluding hydrogens is 392 g/mol. The lowest BCUT2D eigenvalue weighted by molar-refractivity contribution is 0.0867. The predicted octanol–water partition coefficient (Wildman–Crippen LogP) is 4.27. The number of aromatic nitrogens is 4. The maximum absolute atomic E-state index is 6.29. The number of pyridine rings is 2. The molecule has 1 saturated carbocycles. The summed E-state index contributed by atoms with van der Waals surface area (Å²) in [5.74, 6) is 2.60. The van der Waals surface area contributed by atoms with E-state index in [4.69, 9.17) is 14.2 Å². The van der Waals surface area contributed by atoms with E-state index >= 15 is 0 Å². The number of nitrogens with zero attached hydrogens (tertiary/aromatic N) is 4. The first-order chi connectivity index (χ1) is 15.3. The highest BCUT2D eigenvalue weighted by Gasteiger charge is 2.28. The van der Waals surface area contributed by atoms with E-state index in [-0.39, 0.29) is 6.10 Å². The van der Waals surface area contributed by atoms with Crippen LogP contribution in [0.1, 0.15) is 41.7 Å². The number of ether oxygens (including phenoxy) is 3. The van der Waals surface area contributed by atoms with E-state index in [1.54, 1.807) is 19.6 Å². The van der Waals surface area contributed by atoms with Crippen molar-refractivity contribution in [2.45, 2.75) is 31.4 Å². The molecule has 0 N–H and O–H groups in total. The van der Waals surface area contributed by atoms with Crippen LogP contribution in [0.25, 0.3) is 11.2 Å². The second-order valence-corrected chi connectivity index (χ2v) is 8.05. The standard InChI is InChI=1S/C24H22N4O3/c1-29-20-9-15(12-28-14-27-19-3-2-8-25-24(19)28)10-21-23(20)31-22(13-30-21)17-6-7-18(26-11-17)16-4-5-16/h2-3,6-11,14,16,22H,4-5,12-13H2,1H3/t22-/m0/s1. The summed E-state index contributed by atoms with van der Waals surface area (Å²) in [6.07, 6.45) is 7.76. The van der Waals surface area contributed by atoms with Crippen LogP contribution in [0.4, 0.5) is 0 Å². The van der Waals surface area contributed by atoms with Gasteiger partial charge in [0.25, 0.3) is 0 Å². The van der Waals surface area contributed by atoms with Gasteiger partial charge in [-0.05, 0) is 48.7 Å². The van der Waals surface area contributed by atoms with Gasteiger partial charge in [-0.3, -0.25) is 4.98 Å². The molecule has 3 aromatic heterocycles. The molecule has 31 heavy (non-hydrogen) atoms. The summed E-state index contributed by atoms with van der Waals surface area (Å²) in [6, 6.07) is 12.0. The number of benzene rings is 1. The van der Waals surface area contributed by atoms with Gasteiger partial charge in [-0.15, -0.1) is 0 Å². The Balaban J connectivity index is 1.27. The third kappa shape index (κ3) is 3.36. The van der Waals surface area contributed by atoms with Gasteiger partial charge in [-0.25, -0.2) is 9.97 Å². The second-order valence-electron chi connectivity index (χ2n) is 8.05. The number of hydrogen-bond donors (Lipinski definition) is 0. The first-order valence-corrected chi connectivity index (χ1v) is 10.5. The highest BCUT2D eigenvalue weighted by atomic mass is 16.6. The van der Waals surface area contributed by atoms with Gasteiger partial charge in [0.2, 0.25) is 5.75 Å². The number of imidazole rings is 1. The minimum Gasteiger partial charge on any atom is -0.493 e. The van der Waals surface area contributed by atoms with Crippen molar-refractivity contribution in [2.75, 3.05) is 13.7 Å². The number of methoxy groups -OCH3 is 1. The summed E-state index contributed by atoms with van der Waals surface area (Å²) >= 11 is 0. The largest absolute Gasteiger partial charge is 0.493 e. The van der Waals surface area contributed by atoms with Crippen LogP contribution in [0, 0.1) is 0 Å². The first kappa shape index (κ1) is 18.2. The molecule has 0 saturated heterocycles. The van der Waals surface area contributed by atoms with Crippen molar-refractivity contribution >= 4 is 11.2 Å². The molecule has 0 bridgehead atoms. The van der Waals surface area contributed by atoms with Crippen LogP contribution < -0.4 is 14.2 Å². The molecule has 0 radical (unpaired) electrons. The van der Waals surface area contributed by atoms with Gasteiger partial charge in [0.15, 0.2) is 23.3 Å². The maximum Gasteiger partial charge on any atom is 0.204 e. The summed E-state index contributed by atoms with van der Waals surface area (Å²) in [6.45, 7) is 1.04. The molecule has 7 nitrogen and oxygen atoms in total. The van der Waals surface area contributed by atoms with Crippen LogP contribution in [0.3, 0.4) is 0 Å². The zero-order valence-corrected chi connectivity index (χ0v) is 17.2. The molecule has 4 heterocycles. The van der Waals surface area contributed by atoms with E-state index in [1.165, 1.54) is 18.5 Å². The van der Waals surface area contributed by atoms with Crippen LogP contribution in [-0.4, -0.2) is 33.2 Å². The smallest absolute Gasteiger partial charge is 0.204 e. The molecule has 0 unspecified atom stereocenters. The Bertz CT molecular complexity index is 1230. The fraction of sp³-hybridized carbons (Fsp3) is 0.292. The van der Waals surface area contributed by atoms with Gasteiger partial charge in [-0.2, -0.15) is 0 Å². The Hall–Kier alpha value is -3.61. The minimum absolute atomic E-state index is 0.213. The van der Waals surface area contributed by atoms with Crippen molar-refractivity contribution in [1.82, 2.24) is 19.5 Å². The van der Waals surface area contributed by atoms with Crippen molar-refractivity contribution in [1.29, 1.82) is 0 Å². The van der Waals surface area contributed by atoms with Gasteiger partial charge in [-0.1, -0.05) is 6.07 Å². The van der Waals surface area contributed by atoms with Crippen molar-refractivity contribution in [3.8, 4) is 17.2 Å². The normalized spacial score (nSPS) is 17.6. The van der Waals surface area contributed by atoms with Crippen LogP contribution in [0.15, 0.2) is 55.1 Å². The maximum atomic E-state index is 6.29. The van der Waals surface area contributed by atoms with Gasteiger partial charge >= 0.3 is 0 Å². The number of rotatable bonds is 5. The van der Waals surface area contributed by atoms with Crippen LogP contribution >= 0.6 is 0 Å². The average Bonchev–Trinajstić information content (AvgIpc) is 3.60. The van der Waals surface area contributed by atoms with Gasteiger partial charge < -0.3 is 18.8 Å². The molecular formula is C24H22N4O3. The highest BCUT2D eigenvalue weighted by molar-refractivity contribution is 5.70. The predicted molar refractivity (Wildman–Crippen MR) is 115 cm³/mol. The van der Waals surface area contributed by atoms with E-state index in [1.807, 2.05) is 35.0 Å². The van der Waals surface area contributed by atoms with Crippen molar-refractivity contribution in [3.05, 3.63) is 71.9 Å². The zero-order valence-electron chi connectivity index (χ0n) is 17.2. The number of fused-ring (bicyclic) bond motifs is 2. The third-order valence-electron chi connectivity index (χ3n) is 5.85. The van der Waals surface area contributed by atoms with Crippen molar-refractivity contribution in [3.63, 3.8) is 0 Å². The van der Waals surface area contributed by atoms with E-state index in [0.717, 1.165) is 22.3 Å². The Morgan fingerprint density at radius 3 is 2.87 bits per heavy atom. The SMILES string of the molecule is COc1cc(Cn2cnc3cccnc32)cc2c1O[C@H](c1ccc(C3CC3)nc1)CO2. The molecule has 6 rings (SSSR count). The van der Waals surface area contributed by atoms with Gasteiger partial charge in [0.05, 0.1) is 20.0 Å². The molecule has 0 amide bonds. The average molecular weight is 414 g/mol. The molecule has 1 aromatic carbocycles. The van der Waals surface area contributed by atoms with Gasteiger partial charge in [0, 0.05) is 29.6 Å². The third-order valence-corrected chi connectivity index (χ3v) is 5.85. The topological polar surface area (TPSA) is 71.3 Å². The molecule has 1 atom stereocenters. The summed E-state index contributed by atoms with van der Waals surface area (Å²) in [5.41, 5.74) is 4.93. The fourth-order valence-electron chi connectivity index (χ4n) is 4.04. The van der Waals surface area contributed by atoms with E-state index in [9.17, 15) is 0 Å². The van der Waals surface area contributed by atoms with E-state index in [0.29, 0.717) is 36.3 Å². The molecule has 2 aliphatic rings. The first-order valence-electron chi connectivity index (χ1n) is 10.5. The molecule has 1 aliphatic carbocycles. The Morgan fingerprint density at radius 1 is 1.13 bits per heavy atom. The summed E-state index contributed by atoms with van der Waals surface area (Å²) in [7, 11) is 1.65. The van der Waals surface area contributed by atoms with Gasteiger partial charge in [0.1, 0.15) is 12.1 Å². The molecule has 156 valence electrons. The fourth-order valence-corrected chi connectivity index (χ4v) is 4.04. The summed E-state index contributed by atoms with van der Waals surface area (Å²) in [5, 5.41) is 0. The van der Waals surface area contributed by atoms with Crippen molar-refractivity contribution in [2.24, 2.45) is 0 Å². The number of hydrogen-bond acceptors (Lipinski definition) is 6. The quantitative estimate of drug-likeness (QED) is 0.486. The minimum atomic E-state index is -0.213. The zero-order chi connectivity index (χ0) is 20.8. The Labute approximate surface area is 179 Å². The molecule has 1 fully saturated rings. The summed E-state index contributed by atoms with van der Waals surface area (Å²) in [4.78, 5) is 13.5. The van der Waals surface area contributed by atoms with Crippen LogP contribution in [0.2, 0.25) is 0 Å². The lowest BCUT2D eigenvalue weighted by Gasteiger charge is -2.28. The van der Waals surface area contributed by atoms with E-state index in [2.05, 4.69) is 27.1 Å². The van der Waals surface area contributed by atoms with E-state index < -0.39 is 0 Å². The molecule has 1 aliphatic heterocycles. The molecule has 4 aromatic rings. The summed E-state index contributed by atoms with van der Waals surface area (Å²) < 4.78 is 20.0. The lowest BCUT2D eigenvalue weighted by Crippen LogP contribution is -2.22. The Kier molecular flexibility index (Phi) is 4.26. The second kappa shape index (κ2) is 7.27. The molecule has 7 heteroatoms. The monoisotopic (exact) mass is 414 g/mol.